The number of nitrogens with zero attached hydrogens (tertiary/aromatic N) is 2. The number of carbonyl (C=O) groups excluding carboxylic acids is 1. The highest BCUT2D eigenvalue weighted by Crippen LogP contribution is 2.38. The van der Waals surface area contributed by atoms with Crippen LogP contribution in [0.4, 0.5) is 5.69 Å². The highest BCUT2D eigenvalue weighted by atomic mass is 32.1. The van der Waals surface area contributed by atoms with Gasteiger partial charge in [-0.05, 0) is 56.2 Å². The lowest BCUT2D eigenvalue weighted by Gasteiger charge is -2.33. The fraction of sp³-hybridized carbons (Fsp3) is 0.241. The topological polar surface area (TPSA) is 51.7 Å². The predicted octanol–water partition coefficient (Wildman–Crippen LogP) is 6.29. The molecule has 0 radical (unpaired) electrons. The van der Waals surface area contributed by atoms with E-state index in [4.69, 9.17) is 14.5 Å². The van der Waals surface area contributed by atoms with Crippen LogP contribution in [0.2, 0.25) is 0 Å². The van der Waals surface area contributed by atoms with Crippen LogP contribution in [0.1, 0.15) is 29.5 Å². The van der Waals surface area contributed by atoms with Crippen LogP contribution in [-0.4, -0.2) is 30.1 Å². The summed E-state index contributed by atoms with van der Waals surface area (Å²) in [4.78, 5) is 19.7. The number of hydrogen-bond acceptors (Lipinski definition) is 5. The highest BCUT2D eigenvalue weighted by molar-refractivity contribution is 7.10. The molecule has 1 aromatic heterocycles. The molecule has 0 aliphatic carbocycles. The molecule has 0 N–H and O–H groups in total. The van der Waals surface area contributed by atoms with Crippen molar-refractivity contribution >= 4 is 22.9 Å². The van der Waals surface area contributed by atoms with Gasteiger partial charge in [-0.1, -0.05) is 48.0 Å². The Morgan fingerprint density at radius 3 is 2.66 bits per heavy atom. The molecule has 6 heteroatoms. The molecular weight excluding hydrogens is 456 g/mol. The average molecular weight is 485 g/mol. The first-order valence-corrected chi connectivity index (χ1v) is 12.7. The molecule has 4 aromatic rings. The molecule has 5 rings (SSSR count). The van der Waals surface area contributed by atoms with E-state index >= 15 is 0 Å². The maximum atomic E-state index is 13.0. The van der Waals surface area contributed by atoms with E-state index in [0.717, 1.165) is 39.9 Å². The average Bonchev–Trinajstić information content (AvgIpc) is 3.34. The third-order valence-electron chi connectivity index (χ3n) is 6.03. The number of aromatic nitrogens is 1. The molecule has 0 bridgehead atoms. The first kappa shape index (κ1) is 23.1. The number of thiazole rings is 1. The van der Waals surface area contributed by atoms with E-state index in [9.17, 15) is 4.79 Å². The minimum absolute atomic E-state index is 0.0342. The van der Waals surface area contributed by atoms with Gasteiger partial charge in [0.2, 0.25) is 0 Å². The van der Waals surface area contributed by atoms with Gasteiger partial charge in [-0.15, -0.1) is 11.3 Å². The maximum absolute atomic E-state index is 13.0. The van der Waals surface area contributed by atoms with E-state index in [2.05, 4.69) is 24.4 Å². The predicted molar refractivity (Wildman–Crippen MR) is 141 cm³/mol. The third-order valence-corrected chi connectivity index (χ3v) is 6.88. The van der Waals surface area contributed by atoms with Gasteiger partial charge in [-0.2, -0.15) is 0 Å². The summed E-state index contributed by atoms with van der Waals surface area (Å²) in [6, 6.07) is 24.3. The Hall–Kier alpha value is -3.64. The Labute approximate surface area is 210 Å². The van der Waals surface area contributed by atoms with Crippen LogP contribution in [-0.2, 0) is 11.2 Å². The van der Waals surface area contributed by atoms with Crippen molar-refractivity contribution in [3.05, 3.63) is 94.3 Å². The van der Waals surface area contributed by atoms with Gasteiger partial charge in [0.1, 0.15) is 11.5 Å². The van der Waals surface area contributed by atoms with Gasteiger partial charge in [0, 0.05) is 23.9 Å². The van der Waals surface area contributed by atoms with Crippen LogP contribution in [0.3, 0.4) is 0 Å². The van der Waals surface area contributed by atoms with Crippen LogP contribution < -0.4 is 14.4 Å². The molecule has 5 nitrogen and oxygen atoms in total. The van der Waals surface area contributed by atoms with Crippen molar-refractivity contribution in [2.45, 2.75) is 32.8 Å². The molecule has 1 unspecified atom stereocenters. The lowest BCUT2D eigenvalue weighted by molar-refractivity contribution is -0.125. The summed E-state index contributed by atoms with van der Waals surface area (Å²) >= 11 is 1.65. The second-order valence-corrected chi connectivity index (χ2v) is 9.68. The van der Waals surface area contributed by atoms with Crippen molar-refractivity contribution in [1.82, 2.24) is 4.98 Å². The summed E-state index contributed by atoms with van der Waals surface area (Å²) in [5.74, 6) is 1.53. The van der Waals surface area contributed by atoms with Crippen LogP contribution in [0.25, 0.3) is 11.3 Å². The van der Waals surface area contributed by atoms with Gasteiger partial charge in [0.15, 0.2) is 6.10 Å². The number of anilines is 1. The molecule has 0 saturated carbocycles. The molecule has 1 aliphatic heterocycles. The summed E-state index contributed by atoms with van der Waals surface area (Å²) in [5, 5.41) is 3.14. The van der Waals surface area contributed by atoms with Crippen LogP contribution in [0.5, 0.6) is 11.5 Å². The molecule has 1 aliphatic rings. The van der Waals surface area contributed by atoms with Gasteiger partial charge >= 0.3 is 0 Å². The number of carbonyl (C=O) groups is 1. The third kappa shape index (κ3) is 5.38. The fourth-order valence-corrected chi connectivity index (χ4v) is 4.98. The zero-order valence-corrected chi connectivity index (χ0v) is 20.8. The minimum atomic E-state index is -0.511. The fourth-order valence-electron chi connectivity index (χ4n) is 4.14. The Balaban J connectivity index is 1.30. The summed E-state index contributed by atoms with van der Waals surface area (Å²) in [6.45, 7) is 4.94. The SMILES string of the molecule is Cc1ccc(OCCCN2C(=O)C(C)Oc3ccc(-c4csc(Cc5ccccc5)n4)cc32)cc1. The molecule has 0 fully saturated rings. The Morgan fingerprint density at radius 1 is 1.06 bits per heavy atom. The number of hydrogen-bond donors (Lipinski definition) is 0. The van der Waals surface area contributed by atoms with Gasteiger partial charge in [0.05, 0.1) is 23.0 Å². The van der Waals surface area contributed by atoms with Gasteiger partial charge < -0.3 is 14.4 Å². The number of rotatable bonds is 8. The van der Waals surface area contributed by atoms with Crippen molar-refractivity contribution in [3.63, 3.8) is 0 Å². The molecule has 178 valence electrons. The van der Waals surface area contributed by atoms with E-state index in [1.165, 1.54) is 11.1 Å². The van der Waals surface area contributed by atoms with E-state index in [1.54, 1.807) is 18.3 Å². The van der Waals surface area contributed by atoms with E-state index in [1.807, 2.05) is 65.6 Å². The van der Waals surface area contributed by atoms with Crippen LogP contribution in [0.15, 0.2) is 78.2 Å². The van der Waals surface area contributed by atoms with Crippen LogP contribution >= 0.6 is 11.3 Å². The zero-order chi connectivity index (χ0) is 24.2. The summed E-state index contributed by atoms with van der Waals surface area (Å²) in [5.41, 5.74) is 5.12. The zero-order valence-electron chi connectivity index (χ0n) is 19.9. The number of aryl methyl sites for hydroxylation is 1. The first-order chi connectivity index (χ1) is 17.1. The lowest BCUT2D eigenvalue weighted by Crippen LogP contribution is -2.45. The standard InChI is InChI=1S/C29H28N2O3S/c1-20-9-12-24(13-10-20)33-16-6-15-31-26-18-23(11-14-27(26)34-21(2)29(31)32)25-19-35-28(30-25)17-22-7-4-3-5-8-22/h3-5,7-14,18-19,21H,6,15-17H2,1-2H3. The van der Waals surface area contributed by atoms with E-state index in [0.29, 0.717) is 19.6 Å². The second-order valence-electron chi connectivity index (χ2n) is 8.74. The first-order valence-electron chi connectivity index (χ1n) is 11.9. The molecule has 1 amide bonds. The monoisotopic (exact) mass is 484 g/mol. The maximum Gasteiger partial charge on any atom is 0.267 e. The largest absolute Gasteiger partial charge is 0.494 e. The van der Waals surface area contributed by atoms with Crippen molar-refractivity contribution < 1.29 is 14.3 Å². The van der Waals surface area contributed by atoms with Gasteiger partial charge in [-0.25, -0.2) is 4.98 Å². The molecule has 3 aromatic carbocycles. The number of amides is 1. The molecular formula is C29H28N2O3S. The summed E-state index contributed by atoms with van der Waals surface area (Å²) in [6.07, 6.45) is 1.01. The molecule has 0 saturated heterocycles. The normalized spacial score (nSPS) is 15.0. The van der Waals surface area contributed by atoms with Crippen molar-refractivity contribution in [2.24, 2.45) is 0 Å². The lowest BCUT2D eigenvalue weighted by atomic mass is 10.1. The summed E-state index contributed by atoms with van der Waals surface area (Å²) in [7, 11) is 0. The van der Waals surface area contributed by atoms with Crippen molar-refractivity contribution in [2.75, 3.05) is 18.1 Å². The van der Waals surface area contributed by atoms with E-state index in [-0.39, 0.29) is 5.91 Å². The van der Waals surface area contributed by atoms with Crippen molar-refractivity contribution in [1.29, 1.82) is 0 Å². The number of ether oxygens (including phenoxy) is 2. The van der Waals surface area contributed by atoms with Gasteiger partial charge in [0.25, 0.3) is 5.91 Å². The Bertz CT molecular complexity index is 1300. The molecule has 35 heavy (non-hydrogen) atoms. The van der Waals surface area contributed by atoms with Crippen molar-refractivity contribution in [3.8, 4) is 22.8 Å². The number of benzene rings is 3. The quantitative estimate of drug-likeness (QED) is 0.276. The van der Waals surface area contributed by atoms with Crippen LogP contribution in [0, 0.1) is 6.92 Å². The van der Waals surface area contributed by atoms with Gasteiger partial charge in [-0.3, -0.25) is 4.79 Å². The van der Waals surface area contributed by atoms with E-state index < -0.39 is 6.10 Å². The Kier molecular flexibility index (Phi) is 6.82. The Morgan fingerprint density at radius 2 is 1.86 bits per heavy atom. The second kappa shape index (κ2) is 10.3. The summed E-state index contributed by atoms with van der Waals surface area (Å²) < 4.78 is 11.8. The molecule has 0 spiro atoms. The molecule has 1 atom stereocenters. The minimum Gasteiger partial charge on any atom is -0.494 e. The highest BCUT2D eigenvalue weighted by Gasteiger charge is 2.31. The molecule has 2 heterocycles. The smallest absolute Gasteiger partial charge is 0.267 e. The number of fused-ring (bicyclic) bond motifs is 1.